The summed E-state index contributed by atoms with van der Waals surface area (Å²) in [6.45, 7) is 3.33. The Labute approximate surface area is 148 Å². The number of ether oxygens (including phenoxy) is 2. The second-order valence-electron chi connectivity index (χ2n) is 7.63. The molecule has 0 radical (unpaired) electrons. The molecule has 1 aromatic heterocycles. The fraction of sp³-hybridized carbons (Fsp3) is 0.550. The Kier molecular flexibility index (Phi) is 3.88. The first kappa shape index (κ1) is 15.6. The van der Waals surface area contributed by atoms with Gasteiger partial charge in [0, 0.05) is 43.9 Å². The molecule has 1 saturated heterocycles. The van der Waals surface area contributed by atoms with Crippen molar-refractivity contribution in [2.24, 2.45) is 11.8 Å². The number of hydrogen-bond donors (Lipinski definition) is 1. The van der Waals surface area contributed by atoms with Gasteiger partial charge in [-0.1, -0.05) is 24.3 Å². The van der Waals surface area contributed by atoms with Gasteiger partial charge in [0.2, 0.25) is 0 Å². The molecule has 3 atom stereocenters. The summed E-state index contributed by atoms with van der Waals surface area (Å²) in [6, 6.07) is 9.28. The lowest BCUT2D eigenvalue weighted by Crippen LogP contribution is -2.44. The highest BCUT2D eigenvalue weighted by molar-refractivity contribution is 5.27. The van der Waals surface area contributed by atoms with Crippen LogP contribution in [-0.2, 0) is 22.6 Å². The summed E-state index contributed by atoms with van der Waals surface area (Å²) in [7, 11) is 0. The highest BCUT2D eigenvalue weighted by atomic mass is 16.7. The smallest absolute Gasteiger partial charge is 0.171 e. The Morgan fingerprint density at radius 1 is 1.16 bits per heavy atom. The topological polar surface area (TPSA) is 48.3 Å². The van der Waals surface area contributed by atoms with Crippen LogP contribution in [-0.4, -0.2) is 34.6 Å². The summed E-state index contributed by atoms with van der Waals surface area (Å²) < 4.78 is 14.1. The Hall–Kier alpha value is -1.69. The average molecular weight is 339 g/mol. The SMILES string of the molecule is c1ccc(Cn2ccnc2)c(CNC2C[C@@H]3C[C@H]2CC32OCCO2)c1. The summed E-state index contributed by atoms with van der Waals surface area (Å²) in [5, 5.41) is 3.82. The highest BCUT2D eigenvalue weighted by Gasteiger charge is 2.58. The number of rotatable bonds is 5. The zero-order chi connectivity index (χ0) is 16.7. The third-order valence-corrected chi connectivity index (χ3v) is 6.22. The number of aromatic nitrogens is 2. The maximum atomic E-state index is 5.97. The van der Waals surface area contributed by atoms with Crippen LogP contribution in [0.1, 0.15) is 30.4 Å². The lowest BCUT2D eigenvalue weighted by molar-refractivity contribution is -0.192. The highest BCUT2D eigenvalue weighted by Crippen LogP contribution is 2.54. The van der Waals surface area contributed by atoms with Gasteiger partial charge in [-0.2, -0.15) is 0 Å². The minimum absolute atomic E-state index is 0.234. The first-order valence-electron chi connectivity index (χ1n) is 9.36. The van der Waals surface area contributed by atoms with E-state index in [9.17, 15) is 0 Å². The molecule has 2 heterocycles. The number of nitrogens with one attached hydrogen (secondary N) is 1. The van der Waals surface area contributed by atoms with E-state index in [0.29, 0.717) is 17.9 Å². The first-order chi connectivity index (χ1) is 12.3. The fourth-order valence-electron chi connectivity index (χ4n) is 5.02. The van der Waals surface area contributed by atoms with Crippen LogP contribution in [0.15, 0.2) is 43.0 Å². The predicted octanol–water partition coefficient (Wildman–Crippen LogP) is 2.56. The van der Waals surface area contributed by atoms with Gasteiger partial charge in [0.15, 0.2) is 5.79 Å². The Balaban J connectivity index is 1.23. The summed E-state index contributed by atoms with van der Waals surface area (Å²) in [5.41, 5.74) is 2.73. The molecule has 132 valence electrons. The second kappa shape index (κ2) is 6.24. The van der Waals surface area contributed by atoms with Crippen molar-refractivity contribution in [3.05, 3.63) is 54.1 Å². The number of benzene rings is 1. The summed E-state index contributed by atoms with van der Waals surface area (Å²) in [4.78, 5) is 4.14. The summed E-state index contributed by atoms with van der Waals surface area (Å²) in [6.07, 6.45) is 9.20. The molecule has 2 bridgehead atoms. The molecule has 5 heteroatoms. The van der Waals surface area contributed by atoms with E-state index in [2.05, 4.69) is 39.1 Å². The molecular formula is C20H25N3O2. The van der Waals surface area contributed by atoms with Crippen molar-refractivity contribution < 1.29 is 9.47 Å². The van der Waals surface area contributed by atoms with Gasteiger partial charge in [0.05, 0.1) is 19.5 Å². The molecule has 1 aromatic carbocycles. The minimum Gasteiger partial charge on any atom is -0.347 e. The third kappa shape index (κ3) is 2.80. The number of nitrogens with zero attached hydrogens (tertiary/aromatic N) is 2. The maximum absolute atomic E-state index is 5.97. The van der Waals surface area contributed by atoms with Crippen LogP contribution in [0, 0.1) is 11.8 Å². The fourth-order valence-corrected chi connectivity index (χ4v) is 5.02. The Bertz CT molecular complexity index is 724. The van der Waals surface area contributed by atoms with Crippen LogP contribution in [0.4, 0.5) is 0 Å². The first-order valence-corrected chi connectivity index (χ1v) is 9.36. The van der Waals surface area contributed by atoms with E-state index in [-0.39, 0.29) is 5.79 Å². The molecule has 5 rings (SSSR count). The van der Waals surface area contributed by atoms with Crippen LogP contribution >= 0.6 is 0 Å². The molecule has 2 saturated carbocycles. The van der Waals surface area contributed by atoms with Gasteiger partial charge < -0.3 is 19.4 Å². The Morgan fingerprint density at radius 3 is 2.72 bits per heavy atom. The quantitative estimate of drug-likeness (QED) is 0.909. The zero-order valence-corrected chi connectivity index (χ0v) is 14.4. The van der Waals surface area contributed by atoms with Gasteiger partial charge in [-0.25, -0.2) is 4.98 Å². The van der Waals surface area contributed by atoms with E-state index in [1.54, 1.807) is 0 Å². The van der Waals surface area contributed by atoms with Crippen LogP contribution in [0.25, 0.3) is 0 Å². The molecule has 2 aromatic rings. The average Bonchev–Trinajstić information content (AvgIpc) is 3.40. The monoisotopic (exact) mass is 339 g/mol. The molecule has 25 heavy (non-hydrogen) atoms. The number of hydrogen-bond acceptors (Lipinski definition) is 4. The van der Waals surface area contributed by atoms with E-state index in [0.717, 1.165) is 32.7 Å². The van der Waals surface area contributed by atoms with E-state index < -0.39 is 0 Å². The van der Waals surface area contributed by atoms with Crippen molar-refractivity contribution in [2.75, 3.05) is 13.2 Å². The van der Waals surface area contributed by atoms with Gasteiger partial charge in [-0.3, -0.25) is 0 Å². The van der Waals surface area contributed by atoms with Crippen molar-refractivity contribution >= 4 is 0 Å². The lowest BCUT2D eigenvalue weighted by Gasteiger charge is -2.35. The molecule has 3 aliphatic rings. The van der Waals surface area contributed by atoms with Crippen LogP contribution in [0.3, 0.4) is 0 Å². The van der Waals surface area contributed by atoms with Crippen LogP contribution in [0.2, 0.25) is 0 Å². The van der Waals surface area contributed by atoms with E-state index >= 15 is 0 Å². The van der Waals surface area contributed by atoms with Crippen molar-refractivity contribution in [1.82, 2.24) is 14.9 Å². The predicted molar refractivity (Wildman–Crippen MR) is 93.9 cm³/mol. The molecule has 1 N–H and O–H groups in total. The van der Waals surface area contributed by atoms with Gasteiger partial charge in [0.1, 0.15) is 0 Å². The van der Waals surface area contributed by atoms with Crippen LogP contribution in [0.5, 0.6) is 0 Å². The van der Waals surface area contributed by atoms with Crippen molar-refractivity contribution in [3.8, 4) is 0 Å². The third-order valence-electron chi connectivity index (χ3n) is 6.22. The molecule has 5 nitrogen and oxygen atoms in total. The maximum Gasteiger partial charge on any atom is 0.171 e. The molecule has 1 aliphatic heterocycles. The largest absolute Gasteiger partial charge is 0.347 e. The van der Waals surface area contributed by atoms with Gasteiger partial charge in [-0.05, 0) is 29.9 Å². The number of fused-ring (bicyclic) bond motifs is 3. The van der Waals surface area contributed by atoms with E-state index in [4.69, 9.17) is 9.47 Å². The summed E-state index contributed by atoms with van der Waals surface area (Å²) in [5.74, 6) is 1.02. The second-order valence-corrected chi connectivity index (χ2v) is 7.63. The normalized spacial score (nSPS) is 29.7. The van der Waals surface area contributed by atoms with Gasteiger partial charge in [-0.15, -0.1) is 0 Å². The molecule has 0 amide bonds. The van der Waals surface area contributed by atoms with Crippen molar-refractivity contribution in [2.45, 2.75) is 44.2 Å². The molecule has 3 fully saturated rings. The molecule has 1 unspecified atom stereocenters. The summed E-state index contributed by atoms with van der Waals surface area (Å²) >= 11 is 0. The van der Waals surface area contributed by atoms with E-state index in [1.165, 1.54) is 24.0 Å². The van der Waals surface area contributed by atoms with Crippen molar-refractivity contribution in [1.29, 1.82) is 0 Å². The van der Waals surface area contributed by atoms with Gasteiger partial charge >= 0.3 is 0 Å². The minimum atomic E-state index is -0.234. The zero-order valence-electron chi connectivity index (χ0n) is 14.4. The van der Waals surface area contributed by atoms with Crippen molar-refractivity contribution in [3.63, 3.8) is 0 Å². The lowest BCUT2D eigenvalue weighted by atomic mass is 9.90. The van der Waals surface area contributed by atoms with Crippen LogP contribution < -0.4 is 5.32 Å². The van der Waals surface area contributed by atoms with E-state index in [1.807, 2.05) is 18.7 Å². The molecular weight excluding hydrogens is 314 g/mol. The number of imidazole rings is 1. The van der Waals surface area contributed by atoms with Gasteiger partial charge in [0.25, 0.3) is 0 Å². The standard InChI is InChI=1S/C20H25N3O2/c1-2-4-16(13-23-6-5-21-14-23)15(3-1)12-22-19-10-18-9-17(19)11-20(18)24-7-8-25-20/h1-6,14,17-19,22H,7-13H2/t17-,18-,19?/m0/s1. The molecule has 2 aliphatic carbocycles. The Morgan fingerprint density at radius 2 is 2.00 bits per heavy atom. The molecule has 1 spiro atoms.